The predicted octanol–water partition coefficient (Wildman–Crippen LogP) is 11.8. The molecule has 1 aliphatic rings. The normalized spacial score (nSPS) is 17.9. The minimum absolute atomic E-state index is 0.491. The molecule has 0 bridgehead atoms. The van der Waals surface area contributed by atoms with E-state index in [4.69, 9.17) is 0 Å². The molecule has 0 saturated heterocycles. The Kier molecular flexibility index (Phi) is 22.2. The molecule has 2 unspecified atom stereocenters. The van der Waals surface area contributed by atoms with Crippen LogP contribution < -0.4 is 10.4 Å². The lowest BCUT2D eigenvalue weighted by Crippen LogP contribution is -2.26. The molecule has 0 radical (unpaired) electrons. The fraction of sp³-hybridized carbons (Fsp3) is 0.537. The van der Waals surface area contributed by atoms with E-state index in [1.165, 1.54) is 47.3 Å². The zero-order valence-corrected chi connectivity index (χ0v) is 29.5. The van der Waals surface area contributed by atoms with E-state index in [2.05, 4.69) is 117 Å². The van der Waals surface area contributed by atoms with Crippen molar-refractivity contribution in [3.8, 4) is 0 Å². The molecule has 2 heteroatoms. The topological polar surface area (TPSA) is 12.9 Å². The third kappa shape index (κ3) is 17.2. The van der Waals surface area contributed by atoms with Gasteiger partial charge < -0.3 is 0 Å². The van der Waals surface area contributed by atoms with Crippen LogP contribution in [0.1, 0.15) is 137 Å². The highest BCUT2D eigenvalue weighted by atomic mass is 19.1. The Morgan fingerprint density at radius 1 is 0.977 bits per heavy atom. The zero-order valence-electron chi connectivity index (χ0n) is 29.5. The van der Waals surface area contributed by atoms with E-state index in [-0.39, 0.29) is 0 Å². The van der Waals surface area contributed by atoms with E-state index in [9.17, 15) is 4.39 Å². The van der Waals surface area contributed by atoms with Gasteiger partial charge in [0.25, 0.3) is 0 Å². The van der Waals surface area contributed by atoms with Crippen LogP contribution >= 0.6 is 0 Å². The number of nitrogens with zero attached hydrogens (tertiary/aromatic N) is 1. The van der Waals surface area contributed by atoms with E-state index in [1.54, 1.807) is 0 Å². The molecule has 1 aromatic heterocycles. The Hall–Kier alpha value is -2.74. The van der Waals surface area contributed by atoms with E-state index >= 15 is 0 Å². The van der Waals surface area contributed by atoms with Crippen LogP contribution in [-0.4, -0.2) is 11.2 Å². The SMILES string of the molecule is C=C/C(=C(\C)c1cccc(C)n1)c1ccc(=C(\C)C=C)/c(=C\CCCC)c1.CC(C)C.CC1CCCC(F)CC1.CCC. The number of hydrogen-bond donors (Lipinski definition) is 0. The molecule has 43 heavy (non-hydrogen) atoms. The Morgan fingerprint density at radius 3 is 2.19 bits per heavy atom. The van der Waals surface area contributed by atoms with Crippen LogP contribution in [-0.2, 0) is 0 Å². The maximum absolute atomic E-state index is 12.6. The van der Waals surface area contributed by atoms with Crippen LogP contribution in [0, 0.1) is 18.8 Å². The van der Waals surface area contributed by atoms with Gasteiger partial charge in [0.05, 0.1) is 5.69 Å². The summed E-state index contributed by atoms with van der Waals surface area (Å²) in [5, 5.41) is 2.52. The van der Waals surface area contributed by atoms with Crippen molar-refractivity contribution in [2.75, 3.05) is 0 Å². The number of aromatic nitrogens is 1. The standard InChI is InChI=1S/C26H31N.C8H15F.C4H10.C3H8/c1-7-10-11-14-22-18-23(16-17-25(22)19(4)8-2)24(9-3)21(6)26-15-12-13-20(5)27-26;1-7-3-2-4-8(9)6-5-7;1-4(2)3;1-3-2/h8-9,12-18H,2-3,7,10-11H2,1,4-6H3;7-8H,2-6H2,1H3;4H,1-3H3;3H2,1-2H3/b22-14-,24-21-,25-19-;;;. The second-order valence-electron chi connectivity index (χ2n) is 12.6. The Labute approximate surface area is 265 Å². The number of allylic oxidation sites excluding steroid dienone is 4. The quantitative estimate of drug-likeness (QED) is 0.178. The number of hydrogen-bond acceptors (Lipinski definition) is 1. The van der Waals surface area contributed by atoms with Gasteiger partial charge >= 0.3 is 0 Å². The molecule has 240 valence electrons. The molecule has 0 spiro atoms. The van der Waals surface area contributed by atoms with Gasteiger partial charge in [0.15, 0.2) is 0 Å². The number of pyridine rings is 1. The third-order valence-corrected chi connectivity index (χ3v) is 7.08. The van der Waals surface area contributed by atoms with Crippen LogP contribution in [0.3, 0.4) is 0 Å². The molecular formula is C41H64FN. The molecule has 2 atom stereocenters. The van der Waals surface area contributed by atoms with E-state index in [0.29, 0.717) is 0 Å². The summed E-state index contributed by atoms with van der Waals surface area (Å²) in [4.78, 5) is 4.68. The highest BCUT2D eigenvalue weighted by Crippen LogP contribution is 2.25. The second-order valence-corrected chi connectivity index (χ2v) is 12.6. The monoisotopic (exact) mass is 590 g/mol. The first kappa shape index (κ1) is 40.3. The number of unbranched alkanes of at least 4 members (excludes halogenated alkanes) is 2. The Morgan fingerprint density at radius 2 is 1.63 bits per heavy atom. The average Bonchev–Trinajstić information content (AvgIpc) is 3.16. The zero-order chi connectivity index (χ0) is 32.8. The summed E-state index contributed by atoms with van der Waals surface area (Å²) in [6.45, 7) is 29.5. The smallest absolute Gasteiger partial charge is 0.100 e. The predicted molar refractivity (Wildman–Crippen MR) is 194 cm³/mol. The molecule has 1 saturated carbocycles. The minimum Gasteiger partial charge on any atom is -0.253 e. The van der Waals surface area contributed by atoms with Crippen LogP contribution in [0.2, 0.25) is 0 Å². The van der Waals surface area contributed by atoms with Crippen molar-refractivity contribution >= 4 is 22.8 Å². The maximum atomic E-state index is 12.6. The van der Waals surface area contributed by atoms with Gasteiger partial charge in [-0.15, -0.1) is 0 Å². The van der Waals surface area contributed by atoms with Crippen molar-refractivity contribution in [3.63, 3.8) is 0 Å². The van der Waals surface area contributed by atoms with Crippen LogP contribution in [0.4, 0.5) is 4.39 Å². The Bertz CT molecular complexity index is 1200. The Balaban J connectivity index is 0.000000899. The van der Waals surface area contributed by atoms with Gasteiger partial charge in [0.1, 0.15) is 6.17 Å². The molecule has 3 rings (SSSR count). The molecule has 1 heterocycles. The highest BCUT2D eigenvalue weighted by Gasteiger charge is 2.14. The van der Waals surface area contributed by atoms with Gasteiger partial charge in [-0.2, -0.15) is 0 Å². The molecule has 1 aliphatic carbocycles. The number of aryl methyl sites for hydroxylation is 1. The lowest BCUT2D eigenvalue weighted by Gasteiger charge is -2.10. The van der Waals surface area contributed by atoms with Crippen molar-refractivity contribution < 1.29 is 4.39 Å². The first-order chi connectivity index (χ1) is 20.4. The largest absolute Gasteiger partial charge is 0.253 e. The van der Waals surface area contributed by atoms with Gasteiger partial charge in [-0.1, -0.05) is 130 Å². The van der Waals surface area contributed by atoms with Crippen molar-refractivity contribution in [3.05, 3.63) is 89.1 Å². The molecule has 2 aromatic rings. The van der Waals surface area contributed by atoms with Crippen LogP contribution in [0.5, 0.6) is 0 Å². The van der Waals surface area contributed by atoms with E-state index < -0.39 is 6.17 Å². The molecule has 1 aromatic carbocycles. The average molecular weight is 590 g/mol. The van der Waals surface area contributed by atoms with Crippen LogP contribution in [0.25, 0.3) is 22.8 Å². The van der Waals surface area contributed by atoms with Gasteiger partial charge in [0, 0.05) is 5.69 Å². The lowest BCUT2D eigenvalue weighted by molar-refractivity contribution is 0.298. The summed E-state index contributed by atoms with van der Waals surface area (Å²) < 4.78 is 12.6. The van der Waals surface area contributed by atoms with Gasteiger partial charge in [-0.3, -0.25) is 4.98 Å². The molecule has 1 fully saturated rings. The van der Waals surface area contributed by atoms with E-state index in [1.807, 2.05) is 25.1 Å². The summed E-state index contributed by atoms with van der Waals surface area (Å²) in [5.41, 5.74) is 6.67. The number of benzene rings is 1. The summed E-state index contributed by atoms with van der Waals surface area (Å²) >= 11 is 0. The number of rotatable bonds is 7. The minimum atomic E-state index is -0.491. The fourth-order valence-corrected chi connectivity index (χ4v) is 4.65. The van der Waals surface area contributed by atoms with E-state index in [0.717, 1.165) is 66.5 Å². The fourth-order valence-electron chi connectivity index (χ4n) is 4.65. The number of halogens is 1. The van der Waals surface area contributed by atoms with Crippen molar-refractivity contribution in [1.29, 1.82) is 0 Å². The van der Waals surface area contributed by atoms with Crippen molar-refractivity contribution in [2.24, 2.45) is 11.8 Å². The summed E-state index contributed by atoms with van der Waals surface area (Å²) in [6.07, 6.45) is 15.5. The summed E-state index contributed by atoms with van der Waals surface area (Å²) in [7, 11) is 0. The molecule has 0 N–H and O–H groups in total. The molecular weight excluding hydrogens is 525 g/mol. The summed E-state index contributed by atoms with van der Waals surface area (Å²) in [5.74, 6) is 1.60. The van der Waals surface area contributed by atoms with Gasteiger partial charge in [0.2, 0.25) is 0 Å². The molecule has 0 amide bonds. The second kappa shape index (κ2) is 23.7. The molecule has 0 aliphatic heterocycles. The highest BCUT2D eigenvalue weighted by molar-refractivity contribution is 5.93. The van der Waals surface area contributed by atoms with Crippen molar-refractivity contribution in [2.45, 2.75) is 133 Å². The third-order valence-electron chi connectivity index (χ3n) is 7.08. The maximum Gasteiger partial charge on any atom is 0.100 e. The first-order valence-corrected chi connectivity index (χ1v) is 16.8. The number of alkyl halides is 1. The van der Waals surface area contributed by atoms with Gasteiger partial charge in [-0.05, 0) is 109 Å². The first-order valence-electron chi connectivity index (χ1n) is 16.8. The lowest BCUT2D eigenvalue weighted by atomic mass is 9.96. The molecule has 1 nitrogen and oxygen atoms in total. The van der Waals surface area contributed by atoms with Gasteiger partial charge in [-0.25, -0.2) is 4.39 Å². The van der Waals surface area contributed by atoms with Crippen molar-refractivity contribution in [1.82, 2.24) is 4.98 Å². The summed E-state index contributed by atoms with van der Waals surface area (Å²) in [6, 6.07) is 12.8. The van der Waals surface area contributed by atoms with Crippen LogP contribution in [0.15, 0.2) is 61.7 Å².